The van der Waals surface area contributed by atoms with Gasteiger partial charge in [-0.3, -0.25) is 9.36 Å². The first-order valence-corrected chi connectivity index (χ1v) is 10.6. The molecule has 6 nitrogen and oxygen atoms in total. The number of pyridine rings is 1. The zero-order valence-corrected chi connectivity index (χ0v) is 16.7. The van der Waals surface area contributed by atoms with Gasteiger partial charge in [0.15, 0.2) is 17.3 Å². The van der Waals surface area contributed by atoms with Crippen LogP contribution in [0.5, 0.6) is 0 Å². The Balaban J connectivity index is 2.22. The van der Waals surface area contributed by atoms with Crippen molar-refractivity contribution in [1.82, 2.24) is 14.5 Å². The number of hydrogen-bond donors (Lipinski definition) is 0. The number of aromatic nitrogens is 3. The highest BCUT2D eigenvalue weighted by atomic mass is 32.2. The molecule has 0 spiro atoms. The highest BCUT2D eigenvalue weighted by molar-refractivity contribution is 7.90. The van der Waals surface area contributed by atoms with Crippen LogP contribution in [0.1, 0.15) is 0 Å². The van der Waals surface area contributed by atoms with Gasteiger partial charge in [0.2, 0.25) is 15.0 Å². The first kappa shape index (κ1) is 21.6. The summed E-state index contributed by atoms with van der Waals surface area (Å²) in [6.07, 6.45) is 0.726. The highest BCUT2D eigenvalue weighted by Gasteiger charge is 2.24. The van der Waals surface area contributed by atoms with Crippen molar-refractivity contribution in [3.63, 3.8) is 0 Å². The fourth-order valence-electron chi connectivity index (χ4n) is 3.11. The van der Waals surface area contributed by atoms with E-state index in [1.54, 1.807) is 0 Å². The molecule has 2 aromatic heterocycles. The van der Waals surface area contributed by atoms with Gasteiger partial charge < -0.3 is 0 Å². The van der Waals surface area contributed by atoms with Crippen LogP contribution in [0.2, 0.25) is 0 Å². The lowest BCUT2D eigenvalue weighted by Crippen LogP contribution is -2.22. The number of benzene rings is 2. The monoisotopic (exact) mass is 467 g/mol. The SMILES string of the molecule is CS(=O)(=O)c1nc(-c2ccc(F)cc2F)c2ccc(=O)n(-c3c(F)cc(F)cc3F)c2n1. The van der Waals surface area contributed by atoms with Crippen molar-refractivity contribution >= 4 is 20.9 Å². The quantitative estimate of drug-likeness (QED) is 0.340. The first-order valence-electron chi connectivity index (χ1n) is 8.71. The molecule has 0 saturated carbocycles. The van der Waals surface area contributed by atoms with Crippen molar-refractivity contribution in [2.24, 2.45) is 0 Å². The second kappa shape index (κ2) is 7.48. The maximum Gasteiger partial charge on any atom is 0.256 e. The maximum absolute atomic E-state index is 14.5. The Kier molecular flexibility index (Phi) is 5.04. The first-order chi connectivity index (χ1) is 15.0. The summed E-state index contributed by atoms with van der Waals surface area (Å²) in [4.78, 5) is 20.1. The Bertz CT molecular complexity index is 1560. The molecule has 12 heteroatoms. The van der Waals surface area contributed by atoms with E-state index in [1.165, 1.54) is 0 Å². The van der Waals surface area contributed by atoms with Crippen LogP contribution in [0.4, 0.5) is 22.0 Å². The van der Waals surface area contributed by atoms with Gasteiger partial charge in [-0.25, -0.2) is 35.4 Å². The van der Waals surface area contributed by atoms with Gasteiger partial charge in [-0.05, 0) is 18.2 Å². The molecule has 0 atom stereocenters. The fraction of sp³-hybridized carbons (Fsp3) is 0.0500. The average Bonchev–Trinajstić information content (AvgIpc) is 2.67. The summed E-state index contributed by atoms with van der Waals surface area (Å²) in [5, 5.41) is -1.06. The van der Waals surface area contributed by atoms with Gasteiger partial charge in [0, 0.05) is 41.5 Å². The van der Waals surface area contributed by atoms with E-state index in [0.29, 0.717) is 22.8 Å². The van der Waals surface area contributed by atoms with Gasteiger partial charge in [-0.1, -0.05) is 0 Å². The van der Waals surface area contributed by atoms with E-state index in [2.05, 4.69) is 9.97 Å². The molecule has 0 unspecified atom stereocenters. The smallest absolute Gasteiger partial charge is 0.256 e. The molecule has 4 aromatic rings. The van der Waals surface area contributed by atoms with Gasteiger partial charge in [-0.2, -0.15) is 4.98 Å². The molecule has 164 valence electrons. The predicted octanol–water partition coefficient (Wildman–Crippen LogP) is 3.55. The molecule has 2 heterocycles. The molecule has 0 radical (unpaired) electrons. The van der Waals surface area contributed by atoms with Gasteiger partial charge in [0.25, 0.3) is 5.56 Å². The van der Waals surface area contributed by atoms with Crippen LogP contribution in [0.3, 0.4) is 0 Å². The molecular formula is C20H10F5N3O3S. The second-order valence-electron chi connectivity index (χ2n) is 6.71. The number of fused-ring (bicyclic) bond motifs is 1. The lowest BCUT2D eigenvalue weighted by molar-refractivity contribution is 0.533. The van der Waals surface area contributed by atoms with Crippen LogP contribution in [-0.4, -0.2) is 29.2 Å². The molecule has 0 bridgehead atoms. The Morgan fingerprint density at radius 1 is 0.812 bits per heavy atom. The second-order valence-corrected chi connectivity index (χ2v) is 8.62. The number of rotatable bonds is 3. The number of hydrogen-bond acceptors (Lipinski definition) is 5. The minimum absolute atomic E-state index is 0.175. The standard InChI is InChI=1S/C20H10F5N3O3S/c1-32(30,31)20-26-17(11-3-2-9(21)6-13(11)23)12-4-5-16(29)28(19(12)27-20)18-14(24)7-10(22)8-15(18)25/h2-8H,1H3. The Morgan fingerprint density at radius 3 is 2.03 bits per heavy atom. The summed E-state index contributed by atoms with van der Waals surface area (Å²) >= 11 is 0. The van der Waals surface area contributed by atoms with Crippen LogP contribution in [0, 0.1) is 29.1 Å². The topological polar surface area (TPSA) is 81.9 Å². The van der Waals surface area contributed by atoms with E-state index in [9.17, 15) is 35.2 Å². The molecule has 32 heavy (non-hydrogen) atoms. The molecule has 0 aliphatic carbocycles. The zero-order valence-electron chi connectivity index (χ0n) is 15.9. The predicted molar refractivity (Wildman–Crippen MR) is 103 cm³/mol. The van der Waals surface area contributed by atoms with Crippen molar-refractivity contribution in [3.05, 3.63) is 81.9 Å². The van der Waals surface area contributed by atoms with E-state index in [-0.39, 0.29) is 16.6 Å². The van der Waals surface area contributed by atoms with Crippen molar-refractivity contribution in [1.29, 1.82) is 0 Å². The normalized spacial score (nSPS) is 11.8. The van der Waals surface area contributed by atoms with E-state index in [1.807, 2.05) is 0 Å². The number of halogens is 5. The Hall–Kier alpha value is -3.67. The van der Waals surface area contributed by atoms with E-state index in [4.69, 9.17) is 0 Å². The van der Waals surface area contributed by atoms with Crippen LogP contribution in [-0.2, 0) is 9.84 Å². The third-order valence-corrected chi connectivity index (χ3v) is 5.30. The molecule has 2 aromatic carbocycles. The van der Waals surface area contributed by atoms with E-state index >= 15 is 0 Å². The van der Waals surface area contributed by atoms with Gasteiger partial charge in [-0.15, -0.1) is 0 Å². The van der Waals surface area contributed by atoms with Crippen molar-refractivity contribution in [2.45, 2.75) is 5.16 Å². The summed E-state index contributed by atoms with van der Waals surface area (Å²) in [7, 11) is -4.17. The average molecular weight is 467 g/mol. The van der Waals surface area contributed by atoms with Crippen LogP contribution < -0.4 is 5.56 Å². The largest absolute Gasteiger partial charge is 0.269 e. The van der Waals surface area contributed by atoms with Gasteiger partial charge >= 0.3 is 0 Å². The minimum atomic E-state index is -4.17. The summed E-state index contributed by atoms with van der Waals surface area (Å²) in [5.41, 5.74) is -3.37. The van der Waals surface area contributed by atoms with Crippen LogP contribution >= 0.6 is 0 Å². The minimum Gasteiger partial charge on any atom is -0.269 e. The molecule has 0 amide bonds. The van der Waals surface area contributed by atoms with E-state index in [0.717, 1.165) is 30.5 Å². The number of nitrogens with zero attached hydrogens (tertiary/aromatic N) is 3. The van der Waals surface area contributed by atoms with Crippen LogP contribution in [0.25, 0.3) is 28.0 Å². The third kappa shape index (κ3) is 3.62. The Morgan fingerprint density at radius 2 is 1.44 bits per heavy atom. The van der Waals surface area contributed by atoms with Gasteiger partial charge in [0.1, 0.15) is 23.1 Å². The molecule has 4 rings (SSSR count). The summed E-state index contributed by atoms with van der Waals surface area (Å²) in [6, 6.07) is 5.00. The molecule has 0 saturated heterocycles. The van der Waals surface area contributed by atoms with Crippen molar-refractivity contribution < 1.29 is 30.4 Å². The molecule has 0 aliphatic heterocycles. The molecule has 0 N–H and O–H groups in total. The summed E-state index contributed by atoms with van der Waals surface area (Å²) in [5.74, 6) is -6.21. The summed E-state index contributed by atoms with van der Waals surface area (Å²) in [6.45, 7) is 0. The van der Waals surface area contributed by atoms with Crippen LogP contribution in [0.15, 0.2) is 52.4 Å². The summed E-state index contributed by atoms with van der Waals surface area (Å²) < 4.78 is 94.9. The molecule has 0 aliphatic rings. The maximum atomic E-state index is 14.5. The lowest BCUT2D eigenvalue weighted by atomic mass is 10.1. The van der Waals surface area contributed by atoms with Crippen molar-refractivity contribution in [3.8, 4) is 16.9 Å². The van der Waals surface area contributed by atoms with Gasteiger partial charge in [0.05, 0.1) is 5.69 Å². The lowest BCUT2D eigenvalue weighted by Gasteiger charge is -2.14. The Labute approximate surface area is 176 Å². The number of sulfone groups is 1. The third-order valence-electron chi connectivity index (χ3n) is 4.45. The molecule has 0 fully saturated rings. The van der Waals surface area contributed by atoms with Crippen molar-refractivity contribution in [2.75, 3.05) is 6.26 Å². The highest BCUT2D eigenvalue weighted by Crippen LogP contribution is 2.31. The van der Waals surface area contributed by atoms with E-state index < -0.39 is 61.0 Å². The molecular weight excluding hydrogens is 457 g/mol. The zero-order chi connectivity index (χ0) is 23.4. The fourth-order valence-corrected chi connectivity index (χ4v) is 3.62.